The highest BCUT2D eigenvalue weighted by Crippen LogP contribution is 2.46. The summed E-state index contributed by atoms with van der Waals surface area (Å²) in [6.07, 6.45) is 0. The number of fused-ring (bicyclic) bond motifs is 2. The standard InChI is InChI=1S/C20H15O4P/c21-25(22,23)24-20-18-8-4-3-6-15(18)11-12-19(20)17-10-9-14-5-1-2-7-16(14)13-17/h1-13H,(H2,21,22,23). The molecule has 4 aromatic rings. The molecule has 0 radical (unpaired) electrons. The van der Waals surface area contributed by atoms with E-state index in [0.717, 1.165) is 21.7 Å². The molecule has 0 fully saturated rings. The molecule has 0 aliphatic carbocycles. The van der Waals surface area contributed by atoms with Gasteiger partial charge in [0.15, 0.2) is 0 Å². The van der Waals surface area contributed by atoms with E-state index in [4.69, 9.17) is 4.52 Å². The fourth-order valence-corrected chi connectivity index (χ4v) is 3.48. The Balaban J connectivity index is 1.99. The molecule has 0 heterocycles. The van der Waals surface area contributed by atoms with Crippen LogP contribution in [-0.2, 0) is 4.57 Å². The van der Waals surface area contributed by atoms with Crippen LogP contribution in [0, 0.1) is 0 Å². The lowest BCUT2D eigenvalue weighted by Gasteiger charge is -2.15. The summed E-state index contributed by atoms with van der Waals surface area (Å²) in [5.74, 6) is 0.196. The highest BCUT2D eigenvalue weighted by molar-refractivity contribution is 7.46. The molecule has 0 aliphatic rings. The van der Waals surface area contributed by atoms with Gasteiger partial charge in [-0.3, -0.25) is 9.79 Å². The minimum absolute atomic E-state index is 0.196. The van der Waals surface area contributed by atoms with Crippen LogP contribution in [0.15, 0.2) is 78.9 Å². The van der Waals surface area contributed by atoms with Crippen molar-refractivity contribution in [2.45, 2.75) is 0 Å². The number of benzene rings is 4. The van der Waals surface area contributed by atoms with Gasteiger partial charge in [-0.1, -0.05) is 66.7 Å². The molecule has 0 unspecified atom stereocenters. The number of hydrogen-bond donors (Lipinski definition) is 2. The van der Waals surface area contributed by atoms with Crippen molar-refractivity contribution in [3.8, 4) is 16.9 Å². The van der Waals surface area contributed by atoms with Crippen molar-refractivity contribution < 1.29 is 18.9 Å². The molecule has 0 bridgehead atoms. The third-order valence-electron chi connectivity index (χ3n) is 4.15. The molecular weight excluding hydrogens is 335 g/mol. The molecule has 124 valence electrons. The molecule has 4 aromatic carbocycles. The highest BCUT2D eigenvalue weighted by atomic mass is 31.2. The molecule has 0 atom stereocenters. The van der Waals surface area contributed by atoms with E-state index in [2.05, 4.69) is 0 Å². The molecule has 2 N–H and O–H groups in total. The van der Waals surface area contributed by atoms with E-state index in [1.54, 1.807) is 6.07 Å². The van der Waals surface area contributed by atoms with Crippen LogP contribution in [0.25, 0.3) is 32.7 Å². The highest BCUT2D eigenvalue weighted by Gasteiger charge is 2.21. The van der Waals surface area contributed by atoms with E-state index in [-0.39, 0.29) is 5.75 Å². The zero-order valence-corrected chi connectivity index (χ0v) is 14.1. The summed E-state index contributed by atoms with van der Waals surface area (Å²) in [5, 5.41) is 3.67. The summed E-state index contributed by atoms with van der Waals surface area (Å²) in [7, 11) is -4.69. The predicted molar refractivity (Wildman–Crippen MR) is 99.6 cm³/mol. The van der Waals surface area contributed by atoms with Gasteiger partial charge in [0.25, 0.3) is 0 Å². The van der Waals surface area contributed by atoms with Crippen molar-refractivity contribution in [1.82, 2.24) is 0 Å². The van der Waals surface area contributed by atoms with Gasteiger partial charge in [0.1, 0.15) is 5.75 Å². The van der Waals surface area contributed by atoms with Crippen molar-refractivity contribution in [3.63, 3.8) is 0 Å². The summed E-state index contributed by atoms with van der Waals surface area (Å²) in [6.45, 7) is 0. The van der Waals surface area contributed by atoms with Gasteiger partial charge in [-0.05, 0) is 33.9 Å². The van der Waals surface area contributed by atoms with Crippen LogP contribution in [0.4, 0.5) is 0 Å². The largest absolute Gasteiger partial charge is 0.524 e. The van der Waals surface area contributed by atoms with E-state index >= 15 is 0 Å². The van der Waals surface area contributed by atoms with Crippen LogP contribution in [0.2, 0.25) is 0 Å². The minimum atomic E-state index is -4.69. The van der Waals surface area contributed by atoms with Crippen molar-refractivity contribution in [2.75, 3.05) is 0 Å². The third kappa shape index (κ3) is 3.15. The first kappa shape index (κ1) is 15.9. The maximum absolute atomic E-state index is 11.5. The second kappa shape index (κ2) is 6.01. The summed E-state index contributed by atoms with van der Waals surface area (Å²) in [5.41, 5.74) is 1.49. The number of phosphoric ester groups is 1. The van der Waals surface area contributed by atoms with Gasteiger partial charge in [-0.2, -0.15) is 0 Å². The Morgan fingerprint density at radius 1 is 0.720 bits per heavy atom. The van der Waals surface area contributed by atoms with Gasteiger partial charge in [0.05, 0.1) is 0 Å². The van der Waals surface area contributed by atoms with Crippen LogP contribution in [0.5, 0.6) is 5.75 Å². The lowest BCUT2D eigenvalue weighted by Crippen LogP contribution is -1.94. The summed E-state index contributed by atoms with van der Waals surface area (Å²) in [6, 6.07) is 25.0. The molecule has 0 saturated carbocycles. The molecule has 0 aliphatic heterocycles. The molecular formula is C20H15O4P. The first-order valence-electron chi connectivity index (χ1n) is 7.77. The van der Waals surface area contributed by atoms with Crippen LogP contribution in [0.1, 0.15) is 0 Å². The molecule has 0 spiro atoms. The van der Waals surface area contributed by atoms with Crippen LogP contribution >= 0.6 is 7.82 Å². The van der Waals surface area contributed by atoms with E-state index in [1.807, 2.05) is 72.8 Å². The number of phosphoric acid groups is 1. The summed E-state index contributed by atoms with van der Waals surface area (Å²) >= 11 is 0. The molecule has 0 saturated heterocycles. The average Bonchev–Trinajstić information content (AvgIpc) is 2.60. The zero-order chi connectivity index (χ0) is 17.4. The Kier molecular flexibility index (Phi) is 3.81. The van der Waals surface area contributed by atoms with Crippen LogP contribution < -0.4 is 4.52 Å². The SMILES string of the molecule is O=P(O)(O)Oc1c(-c2ccc3ccccc3c2)ccc2ccccc12. The van der Waals surface area contributed by atoms with Crippen molar-refractivity contribution in [2.24, 2.45) is 0 Å². The van der Waals surface area contributed by atoms with Crippen LogP contribution in [-0.4, -0.2) is 9.79 Å². The Morgan fingerprint density at radius 3 is 2.12 bits per heavy atom. The molecule has 25 heavy (non-hydrogen) atoms. The topological polar surface area (TPSA) is 66.8 Å². The van der Waals surface area contributed by atoms with E-state index < -0.39 is 7.82 Å². The fraction of sp³-hybridized carbons (Fsp3) is 0. The Labute approximate surface area is 144 Å². The normalized spacial score (nSPS) is 11.8. The third-order valence-corrected chi connectivity index (χ3v) is 4.57. The number of hydrogen-bond acceptors (Lipinski definition) is 2. The smallest absolute Gasteiger partial charge is 0.403 e. The van der Waals surface area contributed by atoms with Gasteiger partial charge in [0.2, 0.25) is 0 Å². The Morgan fingerprint density at radius 2 is 1.36 bits per heavy atom. The molecule has 0 aromatic heterocycles. The monoisotopic (exact) mass is 350 g/mol. The van der Waals surface area contributed by atoms with E-state index in [9.17, 15) is 14.4 Å². The van der Waals surface area contributed by atoms with E-state index in [1.165, 1.54) is 0 Å². The zero-order valence-electron chi connectivity index (χ0n) is 13.2. The van der Waals surface area contributed by atoms with Crippen LogP contribution in [0.3, 0.4) is 0 Å². The maximum Gasteiger partial charge on any atom is 0.524 e. The molecule has 4 nitrogen and oxygen atoms in total. The van der Waals surface area contributed by atoms with Crippen molar-refractivity contribution >= 4 is 29.4 Å². The average molecular weight is 350 g/mol. The summed E-state index contributed by atoms with van der Waals surface area (Å²) < 4.78 is 16.6. The first-order valence-corrected chi connectivity index (χ1v) is 9.30. The lowest BCUT2D eigenvalue weighted by molar-refractivity contribution is 0.284. The summed E-state index contributed by atoms with van der Waals surface area (Å²) in [4.78, 5) is 18.7. The first-order chi connectivity index (χ1) is 12.0. The second-order valence-electron chi connectivity index (χ2n) is 5.81. The van der Waals surface area contributed by atoms with Crippen molar-refractivity contribution in [3.05, 3.63) is 78.9 Å². The molecule has 4 rings (SSSR count). The molecule has 0 amide bonds. The Hall–Kier alpha value is -2.65. The maximum atomic E-state index is 11.5. The van der Waals surface area contributed by atoms with Gasteiger partial charge >= 0.3 is 7.82 Å². The quantitative estimate of drug-likeness (QED) is 0.503. The number of rotatable bonds is 3. The molecule has 5 heteroatoms. The fourth-order valence-electron chi connectivity index (χ4n) is 3.04. The minimum Gasteiger partial charge on any atom is -0.403 e. The predicted octanol–water partition coefficient (Wildman–Crippen LogP) is 5.13. The van der Waals surface area contributed by atoms with Gasteiger partial charge in [-0.25, -0.2) is 4.57 Å². The van der Waals surface area contributed by atoms with Gasteiger partial charge in [-0.15, -0.1) is 0 Å². The Bertz CT molecular complexity index is 1130. The van der Waals surface area contributed by atoms with Crippen molar-refractivity contribution in [1.29, 1.82) is 0 Å². The lowest BCUT2D eigenvalue weighted by atomic mass is 9.97. The van der Waals surface area contributed by atoms with Gasteiger partial charge < -0.3 is 4.52 Å². The van der Waals surface area contributed by atoms with Gasteiger partial charge in [0, 0.05) is 10.9 Å². The van der Waals surface area contributed by atoms with E-state index in [0.29, 0.717) is 10.9 Å². The second-order valence-corrected chi connectivity index (χ2v) is 6.97.